The van der Waals surface area contributed by atoms with Crippen molar-refractivity contribution >= 4 is 23.1 Å². The molecule has 1 aromatic carbocycles. The third-order valence-corrected chi connectivity index (χ3v) is 3.06. The lowest BCUT2D eigenvalue weighted by Crippen LogP contribution is -2.39. The molecule has 0 saturated heterocycles. The number of pyridine rings is 1. The second-order valence-corrected chi connectivity index (χ2v) is 5.09. The lowest BCUT2D eigenvalue weighted by molar-refractivity contribution is 0.287. The number of rotatable bonds is 6. The van der Waals surface area contributed by atoms with Crippen molar-refractivity contribution in [2.75, 3.05) is 19.0 Å². The van der Waals surface area contributed by atoms with Gasteiger partial charge in [0, 0.05) is 6.20 Å². The van der Waals surface area contributed by atoms with E-state index >= 15 is 0 Å². The molecule has 116 valence electrons. The minimum absolute atomic E-state index is 0.0508. The fraction of sp³-hybridized carbons (Fsp3) is 0.250. The number of anilines is 1. The molecular formula is C16H19N3O2S. The molecule has 0 fully saturated rings. The summed E-state index contributed by atoms with van der Waals surface area (Å²) in [7, 11) is 1.59. The van der Waals surface area contributed by atoms with E-state index in [1.165, 1.54) is 0 Å². The number of aromatic nitrogens is 1. The highest BCUT2D eigenvalue weighted by atomic mass is 32.1. The molecule has 0 saturated carbocycles. The Morgan fingerprint density at radius 1 is 1.23 bits per heavy atom. The second kappa shape index (κ2) is 8.19. The number of thiocarbonyl (C=S) groups is 1. The quantitative estimate of drug-likeness (QED) is 0.799. The number of benzene rings is 1. The van der Waals surface area contributed by atoms with E-state index in [0.717, 1.165) is 5.75 Å². The van der Waals surface area contributed by atoms with Crippen molar-refractivity contribution in [1.29, 1.82) is 0 Å². The lowest BCUT2D eigenvalue weighted by Gasteiger charge is -2.18. The van der Waals surface area contributed by atoms with E-state index in [9.17, 15) is 0 Å². The van der Waals surface area contributed by atoms with E-state index in [2.05, 4.69) is 15.6 Å². The molecule has 0 aliphatic rings. The van der Waals surface area contributed by atoms with Crippen LogP contribution in [0.4, 0.5) is 5.82 Å². The Balaban J connectivity index is 1.81. The van der Waals surface area contributed by atoms with Gasteiger partial charge in [0.25, 0.3) is 0 Å². The molecule has 0 radical (unpaired) electrons. The van der Waals surface area contributed by atoms with Crippen molar-refractivity contribution in [3.63, 3.8) is 0 Å². The van der Waals surface area contributed by atoms with Gasteiger partial charge in [-0.3, -0.25) is 0 Å². The number of nitrogens with zero attached hydrogens (tertiary/aromatic N) is 1. The van der Waals surface area contributed by atoms with Crippen molar-refractivity contribution in [3.8, 4) is 11.5 Å². The molecule has 0 spiro atoms. The van der Waals surface area contributed by atoms with E-state index in [-0.39, 0.29) is 6.04 Å². The standard InChI is InChI=1S/C16H19N3O2S/c1-12(11-21-13-7-4-3-5-8-13)18-16(22)19-15-14(20-2)9-6-10-17-15/h3-10,12H,11H2,1-2H3,(H2,17,18,19,22). The van der Waals surface area contributed by atoms with E-state index in [0.29, 0.717) is 23.3 Å². The summed E-state index contributed by atoms with van der Waals surface area (Å²) in [5, 5.41) is 6.64. The predicted molar refractivity (Wildman–Crippen MR) is 91.5 cm³/mol. The Morgan fingerprint density at radius 2 is 2.00 bits per heavy atom. The van der Waals surface area contributed by atoms with Crippen molar-refractivity contribution < 1.29 is 9.47 Å². The van der Waals surface area contributed by atoms with Crippen molar-refractivity contribution in [2.45, 2.75) is 13.0 Å². The first kappa shape index (κ1) is 16.0. The van der Waals surface area contributed by atoms with Crippen LogP contribution in [-0.4, -0.2) is 29.9 Å². The van der Waals surface area contributed by atoms with Crippen LogP contribution in [0, 0.1) is 0 Å². The molecule has 2 rings (SSSR count). The topological polar surface area (TPSA) is 55.4 Å². The second-order valence-electron chi connectivity index (χ2n) is 4.68. The summed E-state index contributed by atoms with van der Waals surface area (Å²) in [5.41, 5.74) is 0. The van der Waals surface area contributed by atoms with Gasteiger partial charge in [0.1, 0.15) is 12.4 Å². The summed E-state index contributed by atoms with van der Waals surface area (Å²) in [6.45, 7) is 2.50. The molecule has 0 aliphatic heterocycles. The van der Waals surface area contributed by atoms with Gasteiger partial charge in [0.15, 0.2) is 16.7 Å². The van der Waals surface area contributed by atoms with Gasteiger partial charge in [-0.25, -0.2) is 4.98 Å². The zero-order valence-corrected chi connectivity index (χ0v) is 13.4. The number of methoxy groups -OCH3 is 1. The summed E-state index contributed by atoms with van der Waals surface area (Å²) in [5.74, 6) is 2.06. The fourth-order valence-electron chi connectivity index (χ4n) is 1.80. The average Bonchev–Trinajstić information content (AvgIpc) is 2.54. The Kier molecular flexibility index (Phi) is 5.97. The summed E-state index contributed by atoms with van der Waals surface area (Å²) < 4.78 is 10.9. The van der Waals surface area contributed by atoms with Gasteiger partial charge >= 0.3 is 0 Å². The maximum Gasteiger partial charge on any atom is 0.174 e. The average molecular weight is 317 g/mol. The van der Waals surface area contributed by atoms with Gasteiger partial charge in [-0.15, -0.1) is 0 Å². The van der Waals surface area contributed by atoms with Crippen molar-refractivity contribution in [1.82, 2.24) is 10.3 Å². The first-order valence-corrected chi connectivity index (χ1v) is 7.34. The van der Waals surface area contributed by atoms with Crippen LogP contribution in [0.2, 0.25) is 0 Å². The fourth-order valence-corrected chi connectivity index (χ4v) is 2.09. The summed E-state index contributed by atoms with van der Waals surface area (Å²) >= 11 is 5.28. The number of para-hydroxylation sites is 1. The predicted octanol–water partition coefficient (Wildman–Crippen LogP) is 2.84. The molecule has 0 aliphatic carbocycles. The van der Waals surface area contributed by atoms with Crippen molar-refractivity contribution in [3.05, 3.63) is 48.7 Å². The number of hydrogen-bond acceptors (Lipinski definition) is 4. The van der Waals surface area contributed by atoms with E-state index in [1.807, 2.05) is 43.3 Å². The Bertz CT molecular complexity index is 607. The maximum atomic E-state index is 5.67. The Morgan fingerprint density at radius 3 is 2.73 bits per heavy atom. The van der Waals surface area contributed by atoms with Gasteiger partial charge in [-0.2, -0.15) is 0 Å². The zero-order valence-electron chi connectivity index (χ0n) is 12.6. The normalized spacial score (nSPS) is 11.4. The molecular weight excluding hydrogens is 298 g/mol. The van der Waals surface area contributed by atoms with Crippen LogP contribution in [0.25, 0.3) is 0 Å². The minimum atomic E-state index is 0.0508. The summed E-state index contributed by atoms with van der Waals surface area (Å²) in [4.78, 5) is 4.20. The molecule has 2 aromatic rings. The van der Waals surface area contributed by atoms with Gasteiger partial charge in [-0.1, -0.05) is 18.2 Å². The Hall–Kier alpha value is -2.34. The third kappa shape index (κ3) is 4.89. The van der Waals surface area contributed by atoms with Crippen LogP contribution in [0.15, 0.2) is 48.7 Å². The monoisotopic (exact) mass is 317 g/mol. The smallest absolute Gasteiger partial charge is 0.174 e. The number of hydrogen-bond donors (Lipinski definition) is 2. The van der Waals surface area contributed by atoms with Crippen LogP contribution < -0.4 is 20.1 Å². The van der Waals surface area contributed by atoms with Gasteiger partial charge < -0.3 is 20.1 Å². The number of nitrogens with one attached hydrogen (secondary N) is 2. The van der Waals surface area contributed by atoms with Crippen LogP contribution in [0.5, 0.6) is 11.5 Å². The molecule has 2 N–H and O–H groups in total. The summed E-state index contributed by atoms with van der Waals surface area (Å²) in [6, 6.07) is 13.3. The number of ether oxygens (including phenoxy) is 2. The largest absolute Gasteiger partial charge is 0.493 e. The van der Waals surface area contributed by atoms with Gasteiger partial charge in [0.2, 0.25) is 0 Å². The summed E-state index contributed by atoms with van der Waals surface area (Å²) in [6.07, 6.45) is 1.68. The highest BCUT2D eigenvalue weighted by Gasteiger charge is 2.08. The zero-order chi connectivity index (χ0) is 15.8. The molecule has 0 amide bonds. The van der Waals surface area contributed by atoms with Gasteiger partial charge in [0.05, 0.1) is 13.2 Å². The molecule has 1 unspecified atom stereocenters. The minimum Gasteiger partial charge on any atom is -0.493 e. The molecule has 1 atom stereocenters. The molecule has 6 heteroatoms. The molecule has 5 nitrogen and oxygen atoms in total. The molecule has 22 heavy (non-hydrogen) atoms. The van der Waals surface area contributed by atoms with Crippen LogP contribution in [0.3, 0.4) is 0 Å². The first-order valence-electron chi connectivity index (χ1n) is 6.93. The SMILES string of the molecule is COc1cccnc1NC(=S)NC(C)COc1ccccc1. The molecule has 0 bridgehead atoms. The highest BCUT2D eigenvalue weighted by molar-refractivity contribution is 7.80. The first-order chi connectivity index (χ1) is 10.7. The maximum absolute atomic E-state index is 5.67. The Labute approximate surface area is 135 Å². The van der Waals surface area contributed by atoms with E-state index in [1.54, 1.807) is 19.4 Å². The van der Waals surface area contributed by atoms with Crippen LogP contribution in [-0.2, 0) is 0 Å². The van der Waals surface area contributed by atoms with E-state index in [4.69, 9.17) is 21.7 Å². The van der Waals surface area contributed by atoms with E-state index < -0.39 is 0 Å². The molecule has 1 aromatic heterocycles. The third-order valence-electron chi connectivity index (χ3n) is 2.84. The van der Waals surface area contributed by atoms with Gasteiger partial charge in [-0.05, 0) is 43.4 Å². The van der Waals surface area contributed by atoms with Crippen molar-refractivity contribution in [2.24, 2.45) is 0 Å². The molecule has 1 heterocycles. The highest BCUT2D eigenvalue weighted by Crippen LogP contribution is 2.19. The lowest BCUT2D eigenvalue weighted by atomic mass is 10.3. The van der Waals surface area contributed by atoms with Crippen LogP contribution in [0.1, 0.15) is 6.92 Å². The van der Waals surface area contributed by atoms with Crippen LogP contribution >= 0.6 is 12.2 Å².